The number of carbonyl (C=O) groups is 1. The number of carbonyl (C=O) groups excluding carboxylic acids is 1. The number of nitrogens with zero attached hydrogens (tertiary/aromatic N) is 1. The van der Waals surface area contributed by atoms with E-state index >= 15 is 0 Å². The molecule has 2 fully saturated rings. The molecule has 0 aliphatic carbocycles. The Kier molecular flexibility index (Phi) is 4.32. The number of benzene rings is 1. The minimum absolute atomic E-state index is 0.0645. The first kappa shape index (κ1) is 14.0. The Morgan fingerprint density at radius 3 is 2.80 bits per heavy atom. The molecule has 4 heteroatoms. The lowest BCUT2D eigenvalue weighted by Crippen LogP contribution is -2.35. The van der Waals surface area contributed by atoms with Crippen LogP contribution in [0.4, 0.5) is 0 Å². The van der Waals surface area contributed by atoms with Crippen LogP contribution in [0.5, 0.6) is 0 Å². The molecule has 20 heavy (non-hydrogen) atoms. The number of rotatable bonds is 4. The third-order valence-corrected chi connectivity index (χ3v) is 5.59. The normalized spacial score (nSPS) is 26.4. The predicted octanol–water partition coefficient (Wildman–Crippen LogP) is 2.58. The molecule has 3 rings (SSSR count). The fourth-order valence-electron chi connectivity index (χ4n) is 2.99. The van der Waals surface area contributed by atoms with Crippen LogP contribution >= 0.6 is 11.8 Å². The Hall–Kier alpha value is -1.00. The van der Waals surface area contributed by atoms with Crippen molar-refractivity contribution >= 4 is 17.7 Å². The van der Waals surface area contributed by atoms with E-state index in [0.717, 1.165) is 13.0 Å². The van der Waals surface area contributed by atoms with Crippen LogP contribution in [0.15, 0.2) is 24.3 Å². The Morgan fingerprint density at radius 1 is 1.35 bits per heavy atom. The molecule has 0 bridgehead atoms. The van der Waals surface area contributed by atoms with Crippen LogP contribution < -0.4 is 5.32 Å². The zero-order chi connectivity index (χ0) is 13.9. The van der Waals surface area contributed by atoms with Gasteiger partial charge in [0.25, 0.3) is 0 Å². The van der Waals surface area contributed by atoms with Gasteiger partial charge in [-0.05, 0) is 36.1 Å². The van der Waals surface area contributed by atoms with Gasteiger partial charge in [0.05, 0.1) is 6.54 Å². The summed E-state index contributed by atoms with van der Waals surface area (Å²) in [6.07, 6.45) is 3.66. The molecule has 2 aliphatic rings. The molecule has 2 aliphatic heterocycles. The van der Waals surface area contributed by atoms with Crippen molar-refractivity contribution in [3.63, 3.8) is 0 Å². The molecule has 3 nitrogen and oxygen atoms in total. The Balaban J connectivity index is 1.74. The molecule has 2 unspecified atom stereocenters. The second-order valence-electron chi connectivity index (χ2n) is 5.56. The van der Waals surface area contributed by atoms with Gasteiger partial charge in [0.15, 0.2) is 0 Å². The third kappa shape index (κ3) is 2.86. The van der Waals surface area contributed by atoms with Gasteiger partial charge in [0.1, 0.15) is 6.17 Å². The molecular formula is C16H22N2OS. The topological polar surface area (TPSA) is 32.3 Å². The molecule has 0 radical (unpaired) electrons. The van der Waals surface area contributed by atoms with Gasteiger partial charge in [0.2, 0.25) is 5.91 Å². The average Bonchev–Trinajstić information content (AvgIpc) is 3.11. The number of aryl methyl sites for hydroxylation is 1. The zero-order valence-corrected chi connectivity index (χ0v) is 12.8. The van der Waals surface area contributed by atoms with E-state index in [-0.39, 0.29) is 12.1 Å². The molecule has 1 amide bonds. The van der Waals surface area contributed by atoms with Gasteiger partial charge >= 0.3 is 0 Å². The quantitative estimate of drug-likeness (QED) is 0.925. The summed E-state index contributed by atoms with van der Waals surface area (Å²) in [5.74, 6) is 1.48. The van der Waals surface area contributed by atoms with Crippen molar-refractivity contribution in [3.8, 4) is 0 Å². The van der Waals surface area contributed by atoms with E-state index in [2.05, 4.69) is 36.5 Å². The van der Waals surface area contributed by atoms with Gasteiger partial charge < -0.3 is 4.90 Å². The summed E-state index contributed by atoms with van der Waals surface area (Å²) in [6, 6.07) is 8.65. The summed E-state index contributed by atoms with van der Waals surface area (Å²) >= 11 is 2.01. The molecule has 1 N–H and O–H groups in total. The lowest BCUT2D eigenvalue weighted by molar-refractivity contribution is -0.128. The first-order chi connectivity index (χ1) is 9.78. The molecule has 1 aromatic carbocycles. The minimum Gasteiger partial charge on any atom is -0.321 e. The van der Waals surface area contributed by atoms with Crippen molar-refractivity contribution in [2.24, 2.45) is 0 Å². The monoisotopic (exact) mass is 290 g/mol. The van der Waals surface area contributed by atoms with Crippen molar-refractivity contribution in [1.29, 1.82) is 0 Å². The maximum Gasteiger partial charge on any atom is 0.238 e. The number of thioether (sulfide) groups is 1. The summed E-state index contributed by atoms with van der Waals surface area (Å²) in [5, 5.41) is 3.97. The molecule has 0 saturated carbocycles. The molecule has 1 aromatic rings. The van der Waals surface area contributed by atoms with Crippen LogP contribution in [0.25, 0.3) is 0 Å². The lowest BCUT2D eigenvalue weighted by atomic mass is 10.1. The van der Waals surface area contributed by atoms with E-state index in [1.807, 2.05) is 16.7 Å². The van der Waals surface area contributed by atoms with Gasteiger partial charge in [-0.2, -0.15) is 11.8 Å². The van der Waals surface area contributed by atoms with E-state index in [0.29, 0.717) is 11.8 Å². The number of nitrogens with one attached hydrogen (secondary N) is 1. The maximum absolute atomic E-state index is 12.1. The Bertz CT molecular complexity index is 468. The molecule has 108 valence electrons. The smallest absolute Gasteiger partial charge is 0.238 e. The summed E-state index contributed by atoms with van der Waals surface area (Å²) in [6.45, 7) is 3.52. The van der Waals surface area contributed by atoms with Crippen LogP contribution in [0, 0.1) is 0 Å². The first-order valence-corrected chi connectivity index (χ1v) is 8.56. The van der Waals surface area contributed by atoms with Gasteiger partial charge in [-0.1, -0.05) is 31.2 Å². The molecular weight excluding hydrogens is 268 g/mol. The van der Waals surface area contributed by atoms with Crippen LogP contribution in [-0.4, -0.2) is 34.9 Å². The van der Waals surface area contributed by atoms with Crippen molar-refractivity contribution < 1.29 is 4.79 Å². The fraction of sp³-hybridized carbons (Fsp3) is 0.562. The largest absolute Gasteiger partial charge is 0.321 e. The van der Waals surface area contributed by atoms with Crippen molar-refractivity contribution in [1.82, 2.24) is 10.2 Å². The summed E-state index contributed by atoms with van der Waals surface area (Å²) in [5.41, 5.74) is 2.55. The third-order valence-electron chi connectivity index (χ3n) is 4.21. The zero-order valence-electron chi connectivity index (χ0n) is 12.0. The number of hydrogen-bond acceptors (Lipinski definition) is 3. The summed E-state index contributed by atoms with van der Waals surface area (Å²) in [4.78, 5) is 14.2. The molecule has 2 saturated heterocycles. The van der Waals surface area contributed by atoms with E-state index in [1.165, 1.54) is 29.7 Å². The van der Waals surface area contributed by atoms with E-state index in [1.54, 1.807) is 0 Å². The molecule has 0 aromatic heterocycles. The Labute approximate surface area is 125 Å². The van der Waals surface area contributed by atoms with Gasteiger partial charge in [-0.3, -0.25) is 10.1 Å². The van der Waals surface area contributed by atoms with E-state index in [9.17, 15) is 4.79 Å². The van der Waals surface area contributed by atoms with Crippen LogP contribution in [0.3, 0.4) is 0 Å². The molecule has 2 heterocycles. The fourth-order valence-corrected chi connectivity index (χ4v) is 4.25. The lowest BCUT2D eigenvalue weighted by Gasteiger charge is -2.27. The van der Waals surface area contributed by atoms with Crippen molar-refractivity contribution in [2.75, 3.05) is 18.8 Å². The maximum atomic E-state index is 12.1. The average molecular weight is 290 g/mol. The standard InChI is InChI=1S/C16H22N2OS/c1-2-12-5-7-13(8-6-12)16-17-10-15(19)18(16)11-14-4-3-9-20-14/h5-8,14,16-17H,2-4,9-11H2,1H3. The highest BCUT2D eigenvalue weighted by molar-refractivity contribution is 8.00. The predicted molar refractivity (Wildman–Crippen MR) is 83.8 cm³/mol. The highest BCUT2D eigenvalue weighted by Crippen LogP contribution is 2.30. The van der Waals surface area contributed by atoms with Crippen molar-refractivity contribution in [3.05, 3.63) is 35.4 Å². The molecule has 0 spiro atoms. The summed E-state index contributed by atoms with van der Waals surface area (Å²) < 4.78 is 0. The highest BCUT2D eigenvalue weighted by atomic mass is 32.2. The van der Waals surface area contributed by atoms with E-state index in [4.69, 9.17) is 0 Å². The number of amides is 1. The number of hydrogen-bond donors (Lipinski definition) is 1. The van der Waals surface area contributed by atoms with Gasteiger partial charge in [-0.25, -0.2) is 0 Å². The highest BCUT2D eigenvalue weighted by Gasteiger charge is 2.33. The van der Waals surface area contributed by atoms with E-state index < -0.39 is 0 Å². The van der Waals surface area contributed by atoms with Crippen molar-refractivity contribution in [2.45, 2.75) is 37.6 Å². The SMILES string of the molecule is CCc1ccc(C2NCC(=O)N2CC2CCCS2)cc1. The second-order valence-corrected chi connectivity index (χ2v) is 6.97. The van der Waals surface area contributed by atoms with Crippen LogP contribution in [0.1, 0.15) is 37.1 Å². The first-order valence-electron chi connectivity index (χ1n) is 7.51. The Morgan fingerprint density at radius 2 is 2.15 bits per heavy atom. The molecule has 2 atom stereocenters. The van der Waals surface area contributed by atoms with Gasteiger partial charge in [-0.15, -0.1) is 0 Å². The minimum atomic E-state index is 0.0645. The van der Waals surface area contributed by atoms with Crippen LogP contribution in [0.2, 0.25) is 0 Å². The second kappa shape index (κ2) is 6.19. The summed E-state index contributed by atoms with van der Waals surface area (Å²) in [7, 11) is 0. The van der Waals surface area contributed by atoms with Gasteiger partial charge in [0, 0.05) is 11.8 Å². The van der Waals surface area contributed by atoms with Crippen LogP contribution in [-0.2, 0) is 11.2 Å².